The third-order valence-corrected chi connectivity index (χ3v) is 3.56. The summed E-state index contributed by atoms with van der Waals surface area (Å²) in [4.78, 5) is 25.7. The third kappa shape index (κ3) is 9.72. The lowest BCUT2D eigenvalue weighted by molar-refractivity contribution is -0.143. The number of benzene rings is 1. The predicted octanol–water partition coefficient (Wildman–Crippen LogP) is 3.68. The number of urea groups is 1. The molecule has 0 aliphatic heterocycles. The summed E-state index contributed by atoms with van der Waals surface area (Å²) >= 11 is 0. The predicted molar refractivity (Wildman–Crippen MR) is 98.6 cm³/mol. The maximum atomic E-state index is 12.5. The maximum absolute atomic E-state index is 12.5. The van der Waals surface area contributed by atoms with Crippen LogP contribution in [0.25, 0.3) is 0 Å². The minimum Gasteiger partial charge on any atom is -0.466 e. The first-order chi connectivity index (χ1) is 12.2. The Kier molecular flexibility index (Phi) is 11.1. The lowest BCUT2D eigenvalue weighted by Gasteiger charge is -2.23. The molecule has 0 aliphatic carbocycles. The van der Waals surface area contributed by atoms with Crippen LogP contribution >= 0.6 is 0 Å². The topological polar surface area (TPSA) is 67.9 Å². The molecular weight excluding hydrogens is 320 g/mol. The zero-order chi connectivity index (χ0) is 18.3. The molecule has 0 heterocycles. The van der Waals surface area contributed by atoms with Crippen LogP contribution in [0.2, 0.25) is 0 Å². The van der Waals surface area contributed by atoms with E-state index < -0.39 is 0 Å². The van der Waals surface area contributed by atoms with Gasteiger partial charge in [0.1, 0.15) is 0 Å². The van der Waals surface area contributed by atoms with Crippen molar-refractivity contribution >= 4 is 17.7 Å². The number of para-hydroxylation sites is 1. The highest BCUT2D eigenvalue weighted by Crippen LogP contribution is 2.08. The lowest BCUT2D eigenvalue weighted by atomic mass is 10.3. The first-order valence-corrected chi connectivity index (χ1v) is 9.01. The first kappa shape index (κ1) is 21.0. The molecular formula is C19H30N2O4. The highest BCUT2D eigenvalue weighted by atomic mass is 16.5. The smallest absolute Gasteiger partial charge is 0.321 e. The summed E-state index contributed by atoms with van der Waals surface area (Å²) in [5, 5.41) is 2.85. The highest BCUT2D eigenvalue weighted by molar-refractivity contribution is 5.89. The number of carbonyl (C=O) groups excluding carboxylic acids is 2. The molecule has 2 amide bonds. The molecule has 6 heteroatoms. The van der Waals surface area contributed by atoms with Crippen LogP contribution in [0.15, 0.2) is 30.3 Å². The van der Waals surface area contributed by atoms with Crippen molar-refractivity contribution in [1.29, 1.82) is 0 Å². The van der Waals surface area contributed by atoms with Gasteiger partial charge in [0, 0.05) is 32.0 Å². The van der Waals surface area contributed by atoms with E-state index in [0.29, 0.717) is 26.3 Å². The molecule has 1 rings (SSSR count). The molecule has 0 aromatic heterocycles. The average molecular weight is 350 g/mol. The Morgan fingerprint density at radius 3 is 2.44 bits per heavy atom. The molecule has 0 atom stereocenters. The van der Waals surface area contributed by atoms with Crippen molar-refractivity contribution in [3.8, 4) is 0 Å². The maximum Gasteiger partial charge on any atom is 0.321 e. The van der Waals surface area contributed by atoms with Gasteiger partial charge in [-0.1, -0.05) is 31.5 Å². The summed E-state index contributed by atoms with van der Waals surface area (Å²) in [7, 11) is 0. The zero-order valence-electron chi connectivity index (χ0n) is 15.3. The second-order valence-corrected chi connectivity index (χ2v) is 5.66. The molecule has 1 aromatic carbocycles. The molecule has 0 radical (unpaired) electrons. The van der Waals surface area contributed by atoms with E-state index >= 15 is 0 Å². The van der Waals surface area contributed by atoms with E-state index in [1.807, 2.05) is 30.3 Å². The lowest BCUT2D eigenvalue weighted by Crippen LogP contribution is -2.37. The fourth-order valence-electron chi connectivity index (χ4n) is 2.20. The number of hydrogen-bond donors (Lipinski definition) is 1. The monoisotopic (exact) mass is 350 g/mol. The second kappa shape index (κ2) is 13.2. The SMILES string of the molecule is CCCCOCCCN(CCC(=O)OCC)C(=O)Nc1ccccc1. The number of nitrogens with zero attached hydrogens (tertiary/aromatic N) is 1. The van der Waals surface area contributed by atoms with Gasteiger partial charge in [-0.25, -0.2) is 4.79 Å². The van der Waals surface area contributed by atoms with E-state index in [2.05, 4.69) is 12.2 Å². The van der Waals surface area contributed by atoms with E-state index in [9.17, 15) is 9.59 Å². The third-order valence-electron chi connectivity index (χ3n) is 3.56. The number of nitrogens with one attached hydrogen (secondary N) is 1. The van der Waals surface area contributed by atoms with Gasteiger partial charge >= 0.3 is 12.0 Å². The molecule has 0 fully saturated rings. The van der Waals surface area contributed by atoms with Gasteiger partial charge in [0.2, 0.25) is 0 Å². The summed E-state index contributed by atoms with van der Waals surface area (Å²) in [6.07, 6.45) is 3.06. The number of hydrogen-bond acceptors (Lipinski definition) is 4. The van der Waals surface area contributed by atoms with Crippen molar-refractivity contribution in [2.45, 2.75) is 39.5 Å². The fraction of sp³-hybridized carbons (Fsp3) is 0.579. The number of esters is 1. The van der Waals surface area contributed by atoms with Crippen molar-refractivity contribution < 1.29 is 19.1 Å². The van der Waals surface area contributed by atoms with Gasteiger partial charge in [-0.15, -0.1) is 0 Å². The van der Waals surface area contributed by atoms with Crippen molar-refractivity contribution in [2.75, 3.05) is 38.2 Å². The van der Waals surface area contributed by atoms with E-state index in [1.54, 1.807) is 11.8 Å². The normalized spacial score (nSPS) is 10.3. The van der Waals surface area contributed by atoms with Crippen LogP contribution in [0.4, 0.5) is 10.5 Å². The summed E-state index contributed by atoms with van der Waals surface area (Å²) in [5.41, 5.74) is 0.729. The van der Waals surface area contributed by atoms with Gasteiger partial charge in [-0.05, 0) is 31.9 Å². The summed E-state index contributed by atoms with van der Waals surface area (Å²) in [5.74, 6) is -0.292. The quantitative estimate of drug-likeness (QED) is 0.461. The summed E-state index contributed by atoms with van der Waals surface area (Å²) in [6, 6.07) is 9.05. The molecule has 140 valence electrons. The molecule has 0 spiro atoms. The van der Waals surface area contributed by atoms with Crippen LogP contribution in [0, 0.1) is 0 Å². The Labute approximate surface area is 150 Å². The van der Waals surface area contributed by atoms with Crippen LogP contribution in [-0.2, 0) is 14.3 Å². The van der Waals surface area contributed by atoms with Crippen LogP contribution in [-0.4, -0.2) is 49.8 Å². The van der Waals surface area contributed by atoms with Crippen molar-refractivity contribution in [3.05, 3.63) is 30.3 Å². The fourth-order valence-corrected chi connectivity index (χ4v) is 2.20. The Morgan fingerprint density at radius 1 is 1.04 bits per heavy atom. The second-order valence-electron chi connectivity index (χ2n) is 5.66. The minimum absolute atomic E-state index is 0.187. The van der Waals surface area contributed by atoms with Crippen LogP contribution in [0.5, 0.6) is 0 Å². The van der Waals surface area contributed by atoms with Crippen LogP contribution < -0.4 is 5.32 Å². The van der Waals surface area contributed by atoms with Gasteiger partial charge in [0.15, 0.2) is 0 Å². The zero-order valence-corrected chi connectivity index (χ0v) is 15.3. The van der Waals surface area contributed by atoms with Crippen molar-refractivity contribution in [1.82, 2.24) is 4.90 Å². The number of amides is 2. The highest BCUT2D eigenvalue weighted by Gasteiger charge is 2.15. The molecule has 25 heavy (non-hydrogen) atoms. The summed E-state index contributed by atoms with van der Waals surface area (Å²) in [6.45, 7) is 6.45. The number of unbranched alkanes of at least 4 members (excludes halogenated alkanes) is 1. The largest absolute Gasteiger partial charge is 0.466 e. The molecule has 0 saturated heterocycles. The van der Waals surface area contributed by atoms with E-state index in [1.165, 1.54) is 0 Å². The molecule has 0 unspecified atom stereocenters. The molecule has 0 aliphatic rings. The van der Waals surface area contributed by atoms with Crippen LogP contribution in [0.1, 0.15) is 39.5 Å². The van der Waals surface area contributed by atoms with Gasteiger partial charge < -0.3 is 19.7 Å². The minimum atomic E-state index is -0.292. The first-order valence-electron chi connectivity index (χ1n) is 9.01. The van der Waals surface area contributed by atoms with E-state index in [4.69, 9.17) is 9.47 Å². The molecule has 1 N–H and O–H groups in total. The van der Waals surface area contributed by atoms with Gasteiger partial charge in [-0.3, -0.25) is 4.79 Å². The molecule has 0 bridgehead atoms. The average Bonchev–Trinajstić information content (AvgIpc) is 2.61. The summed E-state index contributed by atoms with van der Waals surface area (Å²) < 4.78 is 10.5. The van der Waals surface area contributed by atoms with Crippen LogP contribution in [0.3, 0.4) is 0 Å². The molecule has 6 nitrogen and oxygen atoms in total. The Bertz CT molecular complexity index is 493. The molecule has 1 aromatic rings. The Morgan fingerprint density at radius 2 is 1.76 bits per heavy atom. The molecule has 0 saturated carbocycles. The Hall–Kier alpha value is -2.08. The van der Waals surface area contributed by atoms with Crippen molar-refractivity contribution in [2.24, 2.45) is 0 Å². The van der Waals surface area contributed by atoms with E-state index in [0.717, 1.165) is 31.6 Å². The Balaban J connectivity index is 2.47. The van der Waals surface area contributed by atoms with Gasteiger partial charge in [-0.2, -0.15) is 0 Å². The number of carbonyl (C=O) groups is 2. The van der Waals surface area contributed by atoms with Gasteiger partial charge in [0.25, 0.3) is 0 Å². The standard InChI is InChI=1S/C19H30N2O4/c1-3-5-15-24-16-9-13-21(14-12-18(22)25-4-2)19(23)20-17-10-7-6-8-11-17/h6-8,10-11H,3-5,9,12-16H2,1-2H3,(H,20,23). The number of ether oxygens (including phenoxy) is 2. The number of anilines is 1. The van der Waals surface area contributed by atoms with Crippen molar-refractivity contribution in [3.63, 3.8) is 0 Å². The number of rotatable bonds is 12. The van der Waals surface area contributed by atoms with E-state index in [-0.39, 0.29) is 18.4 Å². The van der Waals surface area contributed by atoms with Gasteiger partial charge in [0.05, 0.1) is 13.0 Å².